The number of methoxy groups -OCH3 is 1. The van der Waals surface area contributed by atoms with Crippen LogP contribution in [0.25, 0.3) is 0 Å². The summed E-state index contributed by atoms with van der Waals surface area (Å²) in [5, 5.41) is 3.49. The monoisotopic (exact) mass is 183 g/mol. The summed E-state index contributed by atoms with van der Waals surface area (Å²) in [6.07, 6.45) is 8.23. The predicted octanol–water partition coefficient (Wildman–Crippen LogP) is 1.80. The van der Waals surface area contributed by atoms with E-state index in [0.717, 1.165) is 25.9 Å². The summed E-state index contributed by atoms with van der Waals surface area (Å²) in [5.74, 6) is 2.69. The number of terminal acetylenes is 1. The molecule has 0 heterocycles. The molecule has 0 aromatic rings. The van der Waals surface area contributed by atoms with Crippen LogP contribution in [0.2, 0.25) is 0 Å². The molecular formula is C11H21NO. The topological polar surface area (TPSA) is 21.3 Å². The largest absolute Gasteiger partial charge is 0.383 e. The third-order valence-corrected chi connectivity index (χ3v) is 2.19. The third-order valence-electron chi connectivity index (χ3n) is 2.19. The lowest BCUT2D eigenvalue weighted by Gasteiger charge is -2.22. The molecule has 0 saturated heterocycles. The van der Waals surface area contributed by atoms with Gasteiger partial charge in [-0.2, -0.15) is 0 Å². The summed E-state index contributed by atoms with van der Waals surface area (Å²) in [7, 11) is 1.73. The minimum atomic E-state index is 0.434. The highest BCUT2D eigenvalue weighted by Crippen LogP contribution is 2.01. The second-order valence-electron chi connectivity index (χ2n) is 3.24. The lowest BCUT2D eigenvalue weighted by Crippen LogP contribution is -2.40. The molecule has 2 nitrogen and oxygen atoms in total. The number of hydrogen-bond donors (Lipinski definition) is 1. The molecular weight excluding hydrogens is 162 g/mol. The first-order valence-corrected chi connectivity index (χ1v) is 4.96. The van der Waals surface area contributed by atoms with E-state index in [1.165, 1.54) is 0 Å². The Morgan fingerprint density at radius 1 is 1.31 bits per heavy atom. The van der Waals surface area contributed by atoms with Crippen LogP contribution in [-0.4, -0.2) is 25.8 Å². The Hall–Kier alpha value is -0.520. The SMILES string of the molecule is C#CCC(CC)NC(CC)COC. The molecule has 0 bridgehead atoms. The zero-order valence-electron chi connectivity index (χ0n) is 8.97. The summed E-state index contributed by atoms with van der Waals surface area (Å²) in [5.41, 5.74) is 0. The van der Waals surface area contributed by atoms with E-state index in [1.54, 1.807) is 7.11 Å². The average molecular weight is 183 g/mol. The van der Waals surface area contributed by atoms with Gasteiger partial charge < -0.3 is 10.1 Å². The van der Waals surface area contributed by atoms with Crippen molar-refractivity contribution in [3.63, 3.8) is 0 Å². The Morgan fingerprint density at radius 2 is 1.92 bits per heavy atom. The van der Waals surface area contributed by atoms with Crippen molar-refractivity contribution in [2.75, 3.05) is 13.7 Å². The fraction of sp³-hybridized carbons (Fsp3) is 0.818. The molecule has 2 atom stereocenters. The van der Waals surface area contributed by atoms with Gasteiger partial charge in [0, 0.05) is 25.6 Å². The summed E-state index contributed by atoms with van der Waals surface area (Å²) >= 11 is 0. The normalized spacial score (nSPS) is 14.9. The van der Waals surface area contributed by atoms with Crippen LogP contribution in [-0.2, 0) is 4.74 Å². The van der Waals surface area contributed by atoms with E-state index < -0.39 is 0 Å². The molecule has 13 heavy (non-hydrogen) atoms. The van der Waals surface area contributed by atoms with Gasteiger partial charge in [-0.25, -0.2) is 0 Å². The van der Waals surface area contributed by atoms with Gasteiger partial charge in [0.15, 0.2) is 0 Å². The van der Waals surface area contributed by atoms with E-state index in [2.05, 4.69) is 25.1 Å². The molecule has 0 spiro atoms. The third kappa shape index (κ3) is 5.68. The van der Waals surface area contributed by atoms with Gasteiger partial charge in [0.05, 0.1) is 6.61 Å². The van der Waals surface area contributed by atoms with Gasteiger partial charge in [-0.1, -0.05) is 13.8 Å². The number of rotatable bonds is 7. The second kappa shape index (κ2) is 8.10. The van der Waals surface area contributed by atoms with E-state index >= 15 is 0 Å². The van der Waals surface area contributed by atoms with Crippen molar-refractivity contribution >= 4 is 0 Å². The standard InChI is InChI=1S/C11H21NO/c1-5-8-10(6-2)12-11(7-3)9-13-4/h1,10-12H,6-9H2,2-4H3. The molecule has 0 radical (unpaired) electrons. The molecule has 0 aliphatic rings. The van der Waals surface area contributed by atoms with Gasteiger partial charge in [0.1, 0.15) is 0 Å². The van der Waals surface area contributed by atoms with Crippen LogP contribution in [0.3, 0.4) is 0 Å². The zero-order valence-corrected chi connectivity index (χ0v) is 8.97. The zero-order chi connectivity index (χ0) is 10.1. The highest BCUT2D eigenvalue weighted by atomic mass is 16.5. The minimum absolute atomic E-state index is 0.434. The maximum atomic E-state index is 5.27. The fourth-order valence-electron chi connectivity index (χ4n) is 1.28. The lowest BCUT2D eigenvalue weighted by atomic mass is 10.1. The highest BCUT2D eigenvalue weighted by molar-refractivity contribution is 4.90. The van der Waals surface area contributed by atoms with Crippen LogP contribution in [0.15, 0.2) is 0 Å². The van der Waals surface area contributed by atoms with Crippen LogP contribution in [0.1, 0.15) is 33.1 Å². The maximum absolute atomic E-state index is 5.27. The second-order valence-corrected chi connectivity index (χ2v) is 3.24. The van der Waals surface area contributed by atoms with Crippen molar-refractivity contribution in [3.8, 4) is 12.3 Å². The molecule has 0 aliphatic heterocycles. The van der Waals surface area contributed by atoms with E-state index in [4.69, 9.17) is 11.2 Å². The Morgan fingerprint density at radius 3 is 2.31 bits per heavy atom. The summed E-state index contributed by atoms with van der Waals surface area (Å²) in [6, 6.07) is 0.869. The van der Waals surface area contributed by atoms with E-state index in [1.807, 2.05) is 0 Å². The first-order valence-electron chi connectivity index (χ1n) is 4.96. The predicted molar refractivity (Wildman–Crippen MR) is 56.6 cm³/mol. The molecule has 0 aliphatic carbocycles. The van der Waals surface area contributed by atoms with Gasteiger partial charge in [-0.05, 0) is 12.8 Å². The highest BCUT2D eigenvalue weighted by Gasteiger charge is 2.10. The quantitative estimate of drug-likeness (QED) is 0.608. The van der Waals surface area contributed by atoms with Gasteiger partial charge in [-0.15, -0.1) is 12.3 Å². The molecule has 76 valence electrons. The van der Waals surface area contributed by atoms with Crippen LogP contribution in [0.5, 0.6) is 0 Å². The number of ether oxygens (including phenoxy) is 1. The van der Waals surface area contributed by atoms with Crippen molar-refractivity contribution in [2.24, 2.45) is 0 Å². The number of hydrogen-bond acceptors (Lipinski definition) is 2. The van der Waals surface area contributed by atoms with Crippen LogP contribution >= 0.6 is 0 Å². The molecule has 2 unspecified atom stereocenters. The van der Waals surface area contributed by atoms with Crippen LogP contribution < -0.4 is 5.32 Å². The van der Waals surface area contributed by atoms with Crippen molar-refractivity contribution < 1.29 is 4.74 Å². The van der Waals surface area contributed by atoms with Crippen LogP contribution in [0, 0.1) is 12.3 Å². The Bertz CT molecular complexity index is 151. The molecule has 0 aromatic heterocycles. The molecule has 2 heteroatoms. The lowest BCUT2D eigenvalue weighted by molar-refractivity contribution is 0.158. The maximum Gasteiger partial charge on any atom is 0.0615 e. The van der Waals surface area contributed by atoms with Gasteiger partial charge in [0.2, 0.25) is 0 Å². The van der Waals surface area contributed by atoms with E-state index in [-0.39, 0.29) is 0 Å². The molecule has 0 fully saturated rings. The van der Waals surface area contributed by atoms with Crippen molar-refractivity contribution in [3.05, 3.63) is 0 Å². The average Bonchev–Trinajstić information content (AvgIpc) is 2.16. The molecule has 0 rings (SSSR count). The summed E-state index contributed by atoms with van der Waals surface area (Å²) in [6.45, 7) is 5.06. The van der Waals surface area contributed by atoms with E-state index in [0.29, 0.717) is 12.1 Å². The molecule has 1 N–H and O–H groups in total. The smallest absolute Gasteiger partial charge is 0.0615 e. The fourth-order valence-corrected chi connectivity index (χ4v) is 1.28. The minimum Gasteiger partial charge on any atom is -0.383 e. The van der Waals surface area contributed by atoms with Crippen LogP contribution in [0.4, 0.5) is 0 Å². The Balaban J connectivity index is 3.81. The van der Waals surface area contributed by atoms with Crippen molar-refractivity contribution in [1.29, 1.82) is 0 Å². The Labute approximate surface area is 82.1 Å². The molecule has 0 amide bonds. The number of nitrogens with one attached hydrogen (secondary N) is 1. The Kier molecular flexibility index (Phi) is 7.77. The van der Waals surface area contributed by atoms with Gasteiger partial charge in [-0.3, -0.25) is 0 Å². The van der Waals surface area contributed by atoms with Crippen molar-refractivity contribution in [2.45, 2.75) is 45.2 Å². The molecule has 0 aromatic carbocycles. The van der Waals surface area contributed by atoms with Crippen molar-refractivity contribution in [1.82, 2.24) is 5.32 Å². The van der Waals surface area contributed by atoms with Gasteiger partial charge in [0.25, 0.3) is 0 Å². The van der Waals surface area contributed by atoms with Gasteiger partial charge >= 0.3 is 0 Å². The van der Waals surface area contributed by atoms with E-state index in [9.17, 15) is 0 Å². The summed E-state index contributed by atoms with van der Waals surface area (Å²) in [4.78, 5) is 0. The molecule has 0 saturated carbocycles. The first kappa shape index (κ1) is 12.5. The summed E-state index contributed by atoms with van der Waals surface area (Å²) < 4.78 is 5.10. The first-order chi connectivity index (χ1) is 6.28.